The third-order valence-corrected chi connectivity index (χ3v) is 2.64. The Morgan fingerprint density at radius 1 is 1.46 bits per heavy atom. The molecule has 2 N–H and O–H groups in total. The molecule has 3 nitrogen and oxygen atoms in total. The highest BCUT2D eigenvalue weighted by atomic mass is 32.2. The van der Waals surface area contributed by atoms with E-state index >= 15 is 0 Å². The first kappa shape index (κ1) is 10.1. The van der Waals surface area contributed by atoms with E-state index in [0.29, 0.717) is 0 Å². The highest BCUT2D eigenvalue weighted by Gasteiger charge is 2.17. The summed E-state index contributed by atoms with van der Waals surface area (Å²) >= 11 is 1.38. The monoisotopic (exact) mass is 197 g/mol. The first-order valence-corrected chi connectivity index (χ1v) is 5.10. The van der Waals surface area contributed by atoms with Crippen molar-refractivity contribution >= 4 is 17.7 Å². The Morgan fingerprint density at radius 3 is 2.54 bits per heavy atom. The van der Waals surface area contributed by atoms with Crippen LogP contribution in [0.1, 0.15) is 10.8 Å². The van der Waals surface area contributed by atoms with Crippen LogP contribution in [0.2, 0.25) is 0 Å². The van der Waals surface area contributed by atoms with Crippen molar-refractivity contribution in [2.24, 2.45) is 0 Å². The van der Waals surface area contributed by atoms with Crippen molar-refractivity contribution in [3.8, 4) is 0 Å². The number of amides is 1. The molecule has 0 saturated carbocycles. The van der Waals surface area contributed by atoms with Crippen LogP contribution in [-0.2, 0) is 4.79 Å². The standard InChI is InChI=1S/C9H11NO2S/c1-13-8(9(11)10-12)7-5-3-2-4-6-7/h2-6,8,12H,1H3,(H,10,11). The van der Waals surface area contributed by atoms with Gasteiger partial charge < -0.3 is 0 Å². The summed E-state index contributed by atoms with van der Waals surface area (Å²) in [5.41, 5.74) is 2.55. The molecule has 70 valence electrons. The summed E-state index contributed by atoms with van der Waals surface area (Å²) in [4.78, 5) is 11.2. The van der Waals surface area contributed by atoms with Crippen LogP contribution < -0.4 is 5.48 Å². The number of rotatable bonds is 3. The molecule has 0 fully saturated rings. The second-order valence-corrected chi connectivity index (χ2v) is 3.45. The van der Waals surface area contributed by atoms with Crippen LogP contribution in [0, 0.1) is 0 Å². The molecule has 0 saturated heterocycles. The average molecular weight is 197 g/mol. The van der Waals surface area contributed by atoms with Crippen LogP contribution in [0.3, 0.4) is 0 Å². The number of benzene rings is 1. The molecule has 1 aromatic carbocycles. The van der Waals surface area contributed by atoms with E-state index in [-0.39, 0.29) is 5.25 Å². The Hall–Kier alpha value is -1.00. The molecule has 0 aliphatic heterocycles. The molecule has 1 amide bonds. The fourth-order valence-electron chi connectivity index (χ4n) is 1.08. The van der Waals surface area contributed by atoms with Crippen LogP contribution in [0.4, 0.5) is 0 Å². The Bertz CT molecular complexity index is 276. The first-order chi connectivity index (χ1) is 6.29. The third kappa shape index (κ3) is 2.47. The van der Waals surface area contributed by atoms with Gasteiger partial charge in [-0.1, -0.05) is 30.3 Å². The highest BCUT2D eigenvalue weighted by Crippen LogP contribution is 2.25. The predicted octanol–water partition coefficient (Wildman–Crippen LogP) is 1.60. The van der Waals surface area contributed by atoms with Crippen LogP contribution in [0.15, 0.2) is 30.3 Å². The van der Waals surface area contributed by atoms with Gasteiger partial charge in [-0.3, -0.25) is 10.0 Å². The van der Waals surface area contributed by atoms with Gasteiger partial charge in [0.2, 0.25) is 0 Å². The van der Waals surface area contributed by atoms with Crippen LogP contribution in [0.25, 0.3) is 0 Å². The topological polar surface area (TPSA) is 49.3 Å². The summed E-state index contributed by atoms with van der Waals surface area (Å²) in [7, 11) is 0. The summed E-state index contributed by atoms with van der Waals surface area (Å²) in [6.07, 6.45) is 1.83. The predicted molar refractivity (Wildman–Crippen MR) is 52.6 cm³/mol. The lowest BCUT2D eigenvalue weighted by Crippen LogP contribution is -2.24. The second-order valence-electron chi connectivity index (χ2n) is 2.50. The first-order valence-electron chi connectivity index (χ1n) is 3.81. The molecule has 0 aliphatic carbocycles. The molecule has 13 heavy (non-hydrogen) atoms. The van der Waals surface area contributed by atoms with Crippen molar-refractivity contribution < 1.29 is 10.0 Å². The van der Waals surface area contributed by atoms with Gasteiger partial charge in [0.05, 0.1) is 0 Å². The van der Waals surface area contributed by atoms with Gasteiger partial charge in [-0.2, -0.15) is 0 Å². The van der Waals surface area contributed by atoms with Gasteiger partial charge in [0, 0.05) is 0 Å². The maximum Gasteiger partial charge on any atom is 0.260 e. The zero-order valence-corrected chi connectivity index (χ0v) is 8.04. The molecule has 1 unspecified atom stereocenters. The van der Waals surface area contributed by atoms with E-state index in [1.165, 1.54) is 11.8 Å². The van der Waals surface area contributed by atoms with Crippen LogP contribution in [-0.4, -0.2) is 17.4 Å². The smallest absolute Gasteiger partial charge is 0.260 e. The molecule has 0 radical (unpaired) electrons. The molecule has 0 bridgehead atoms. The van der Waals surface area contributed by atoms with Gasteiger partial charge in [-0.25, -0.2) is 5.48 Å². The van der Waals surface area contributed by atoms with Crippen molar-refractivity contribution in [1.82, 2.24) is 5.48 Å². The zero-order valence-electron chi connectivity index (χ0n) is 7.23. The third-order valence-electron chi connectivity index (χ3n) is 1.69. The molecular weight excluding hydrogens is 186 g/mol. The van der Waals surface area contributed by atoms with Gasteiger partial charge in [0.1, 0.15) is 5.25 Å². The average Bonchev–Trinajstić information content (AvgIpc) is 2.20. The molecule has 0 aliphatic rings. The highest BCUT2D eigenvalue weighted by molar-refractivity contribution is 7.99. The largest absolute Gasteiger partial charge is 0.289 e. The van der Waals surface area contributed by atoms with Gasteiger partial charge >= 0.3 is 0 Å². The Kier molecular flexibility index (Phi) is 3.79. The van der Waals surface area contributed by atoms with E-state index in [9.17, 15) is 4.79 Å². The van der Waals surface area contributed by atoms with E-state index in [1.807, 2.05) is 36.6 Å². The van der Waals surface area contributed by atoms with E-state index in [2.05, 4.69) is 0 Å². The van der Waals surface area contributed by atoms with E-state index < -0.39 is 5.91 Å². The Morgan fingerprint density at radius 2 is 2.08 bits per heavy atom. The SMILES string of the molecule is CSC(C(=O)NO)c1ccccc1. The van der Waals surface area contributed by atoms with E-state index in [0.717, 1.165) is 5.56 Å². The van der Waals surface area contributed by atoms with Crippen molar-refractivity contribution in [2.75, 3.05) is 6.26 Å². The minimum Gasteiger partial charge on any atom is -0.289 e. The summed E-state index contributed by atoms with van der Waals surface area (Å²) < 4.78 is 0. The molecular formula is C9H11NO2S. The molecule has 1 aromatic rings. The van der Waals surface area contributed by atoms with Crippen molar-refractivity contribution in [1.29, 1.82) is 0 Å². The molecule has 0 spiro atoms. The molecule has 1 atom stereocenters. The number of carbonyl (C=O) groups excluding carboxylic acids is 1. The maximum absolute atomic E-state index is 11.2. The van der Waals surface area contributed by atoms with Gasteiger partial charge in [0.15, 0.2) is 0 Å². The van der Waals surface area contributed by atoms with Gasteiger partial charge in [-0.15, -0.1) is 11.8 Å². The lowest BCUT2D eigenvalue weighted by molar-refractivity contribution is -0.128. The molecule has 0 heterocycles. The maximum atomic E-state index is 11.2. The van der Waals surface area contributed by atoms with E-state index in [1.54, 1.807) is 5.48 Å². The van der Waals surface area contributed by atoms with Crippen LogP contribution >= 0.6 is 11.8 Å². The number of thioether (sulfide) groups is 1. The van der Waals surface area contributed by atoms with Crippen molar-refractivity contribution in [3.63, 3.8) is 0 Å². The van der Waals surface area contributed by atoms with Gasteiger partial charge in [-0.05, 0) is 11.8 Å². The minimum atomic E-state index is -0.390. The Balaban J connectivity index is 2.85. The fourth-order valence-corrected chi connectivity index (χ4v) is 1.78. The Labute approximate surface area is 81.1 Å². The lowest BCUT2D eigenvalue weighted by Gasteiger charge is -2.11. The molecule has 0 aromatic heterocycles. The zero-order chi connectivity index (χ0) is 9.68. The molecule has 4 heteroatoms. The fraction of sp³-hybridized carbons (Fsp3) is 0.222. The normalized spacial score (nSPS) is 12.2. The second kappa shape index (κ2) is 4.89. The van der Waals surface area contributed by atoms with Crippen LogP contribution in [0.5, 0.6) is 0 Å². The van der Waals surface area contributed by atoms with Gasteiger partial charge in [0.25, 0.3) is 5.91 Å². The quantitative estimate of drug-likeness (QED) is 0.571. The summed E-state index contributed by atoms with van der Waals surface area (Å²) in [6.45, 7) is 0. The summed E-state index contributed by atoms with van der Waals surface area (Å²) in [6, 6.07) is 9.33. The number of hydroxylamine groups is 1. The number of hydrogen-bond donors (Lipinski definition) is 2. The van der Waals surface area contributed by atoms with Crippen molar-refractivity contribution in [2.45, 2.75) is 5.25 Å². The minimum absolute atomic E-state index is 0.341. The number of hydrogen-bond acceptors (Lipinski definition) is 3. The lowest BCUT2D eigenvalue weighted by atomic mass is 10.1. The number of carbonyl (C=O) groups is 1. The summed E-state index contributed by atoms with van der Waals surface area (Å²) in [5.74, 6) is -0.390. The van der Waals surface area contributed by atoms with E-state index in [4.69, 9.17) is 5.21 Å². The number of nitrogens with one attached hydrogen (secondary N) is 1. The molecule has 1 rings (SSSR count). The summed E-state index contributed by atoms with van der Waals surface area (Å²) in [5, 5.41) is 8.14. The van der Waals surface area contributed by atoms with Crippen molar-refractivity contribution in [3.05, 3.63) is 35.9 Å².